The first kappa shape index (κ1) is 32.3. The summed E-state index contributed by atoms with van der Waals surface area (Å²) in [5, 5.41) is -0.458. The fraction of sp³-hybridized carbons (Fsp3) is 0.815. The normalized spacial score (nSPS) is 27.1. The molecule has 12 heteroatoms. The lowest BCUT2D eigenvalue weighted by molar-refractivity contribution is -0.0538. The molecule has 2 aliphatic heterocycles. The molecule has 3 rings (SSSR count). The molecule has 2 aliphatic rings. The van der Waals surface area contributed by atoms with Gasteiger partial charge in [-0.05, 0) is 39.6 Å². The molecule has 0 amide bonds. The molecular weight excluding hydrogens is 553 g/mol. The van der Waals surface area contributed by atoms with Crippen LogP contribution in [0.25, 0.3) is 0 Å². The maximum Gasteiger partial charge on any atom is 0.368 e. The van der Waals surface area contributed by atoms with Crippen molar-refractivity contribution >= 4 is 33.7 Å². The topological polar surface area (TPSA) is 109 Å². The van der Waals surface area contributed by atoms with E-state index in [1.54, 1.807) is 0 Å². The minimum absolute atomic E-state index is 0.277. The molecular formula is C27H48N2O7SSi2. The molecule has 0 spiro atoms. The summed E-state index contributed by atoms with van der Waals surface area (Å²) in [6.45, 7) is 24.1. The summed E-state index contributed by atoms with van der Waals surface area (Å²) in [6, 6.07) is 1.27. The maximum atomic E-state index is 13.1. The number of hydrogen-bond donors (Lipinski definition) is 1. The van der Waals surface area contributed by atoms with Gasteiger partial charge >= 0.3 is 11.0 Å². The van der Waals surface area contributed by atoms with Crippen molar-refractivity contribution in [3.63, 3.8) is 0 Å². The van der Waals surface area contributed by atoms with Crippen molar-refractivity contribution in [3.05, 3.63) is 33.1 Å². The molecule has 0 saturated carbocycles. The number of ether oxygens (including phenoxy) is 2. The number of nitrogens with one attached hydrogen (secondary N) is 1. The lowest BCUT2D eigenvalue weighted by Gasteiger charge is -2.51. The zero-order valence-corrected chi connectivity index (χ0v) is 28.2. The van der Waals surface area contributed by atoms with Crippen LogP contribution < -0.4 is 11.2 Å². The second kappa shape index (κ2) is 12.0. The highest BCUT2D eigenvalue weighted by Crippen LogP contribution is 2.51. The molecule has 0 aromatic carbocycles. The van der Waals surface area contributed by atoms with Gasteiger partial charge in [-0.3, -0.25) is 14.3 Å². The van der Waals surface area contributed by atoms with Crippen LogP contribution in [0.4, 0.5) is 4.79 Å². The van der Waals surface area contributed by atoms with Gasteiger partial charge in [0.15, 0.2) is 29.0 Å². The van der Waals surface area contributed by atoms with Gasteiger partial charge in [0.2, 0.25) is 0 Å². The first-order valence-corrected chi connectivity index (χ1v) is 19.5. The average Bonchev–Trinajstić information content (AvgIpc) is 3.07. The Morgan fingerprint density at radius 1 is 1.03 bits per heavy atom. The largest absolute Gasteiger partial charge is 0.447 e. The van der Waals surface area contributed by atoms with Gasteiger partial charge in [-0.2, -0.15) is 0 Å². The lowest BCUT2D eigenvalue weighted by atomic mass is 10.1. The van der Waals surface area contributed by atoms with Crippen LogP contribution in [-0.4, -0.2) is 61.2 Å². The molecule has 2 fully saturated rings. The highest BCUT2D eigenvalue weighted by atomic mass is 32.2. The van der Waals surface area contributed by atoms with Crippen LogP contribution in [0, 0.1) is 0 Å². The summed E-state index contributed by atoms with van der Waals surface area (Å²) in [4.78, 5) is 40.1. The number of carbonyl (C=O) groups excluding carboxylic acids is 1. The van der Waals surface area contributed by atoms with Gasteiger partial charge in [0.25, 0.3) is 5.56 Å². The number of nitrogens with zero attached hydrogens (tertiary/aromatic N) is 1. The number of aromatic nitrogens is 2. The van der Waals surface area contributed by atoms with E-state index in [0.717, 1.165) is 17.4 Å². The van der Waals surface area contributed by atoms with E-state index in [1.165, 1.54) is 16.8 Å². The smallest absolute Gasteiger partial charge is 0.368 e. The molecule has 0 radical (unpaired) electrons. The van der Waals surface area contributed by atoms with E-state index < -0.39 is 57.7 Å². The minimum atomic E-state index is -2.55. The summed E-state index contributed by atoms with van der Waals surface area (Å²) in [5.74, 6) is 0. The summed E-state index contributed by atoms with van der Waals surface area (Å²) in [7, 11) is -4.86. The summed E-state index contributed by atoms with van der Waals surface area (Å²) >= 11 is 1.09. The van der Waals surface area contributed by atoms with Crippen LogP contribution in [0.3, 0.4) is 0 Å². The molecule has 2 saturated heterocycles. The Morgan fingerprint density at radius 3 is 2.08 bits per heavy atom. The van der Waals surface area contributed by atoms with Crippen LogP contribution in [0.1, 0.15) is 82.4 Å². The Morgan fingerprint density at radius 2 is 1.59 bits per heavy atom. The van der Waals surface area contributed by atoms with Gasteiger partial charge in [0.05, 0.1) is 6.61 Å². The van der Waals surface area contributed by atoms with Crippen LogP contribution in [0.5, 0.6) is 0 Å². The van der Waals surface area contributed by atoms with Gasteiger partial charge in [-0.25, -0.2) is 9.59 Å². The van der Waals surface area contributed by atoms with Crippen molar-refractivity contribution in [1.29, 1.82) is 0 Å². The Kier molecular flexibility index (Phi) is 9.92. The van der Waals surface area contributed by atoms with E-state index in [1.807, 2.05) is 20.8 Å². The number of rotatable bonds is 6. The third-order valence-electron chi connectivity index (χ3n) is 8.37. The zero-order chi connectivity index (χ0) is 29.5. The first-order chi connectivity index (χ1) is 17.9. The van der Waals surface area contributed by atoms with Gasteiger partial charge in [-0.15, -0.1) is 0 Å². The van der Waals surface area contributed by atoms with Gasteiger partial charge in [0.1, 0.15) is 12.2 Å². The van der Waals surface area contributed by atoms with Crippen LogP contribution in [-0.2, 0) is 18.3 Å². The molecule has 1 N–H and O–H groups in total. The van der Waals surface area contributed by atoms with Crippen molar-refractivity contribution in [2.45, 2.75) is 133 Å². The number of carbonyl (C=O) groups is 1. The average molecular weight is 601 g/mol. The van der Waals surface area contributed by atoms with Crippen molar-refractivity contribution in [1.82, 2.24) is 9.55 Å². The third-order valence-corrected chi connectivity index (χ3v) is 22.9. The summed E-state index contributed by atoms with van der Waals surface area (Å²) in [6.07, 6.45) is -1.61. The first-order valence-electron chi connectivity index (χ1n) is 14.1. The van der Waals surface area contributed by atoms with E-state index in [4.69, 9.17) is 18.3 Å². The standard InChI is InChI=1S/C27H48N2O7SSi2/c1-16(2)38(17(3)4)15-39(18(5)6,19(7)8)36-22-20(14-33-38)34-24(29-13-12-21(30)28-25(29)31)23(22)35-26(32)37-27(9,10)11/h12-13,16-20,22-24H,14-15H2,1-11H3,(H,28,30,31)/t20-,22?,23+,24-/m1/s1. The molecule has 3 heterocycles. The molecule has 222 valence electrons. The second-order valence-corrected chi connectivity index (χ2v) is 25.4. The minimum Gasteiger partial charge on any atom is -0.447 e. The summed E-state index contributed by atoms with van der Waals surface area (Å²) in [5.41, 5.74) is 1.10. The zero-order valence-electron chi connectivity index (χ0n) is 25.4. The molecule has 0 aliphatic carbocycles. The predicted molar refractivity (Wildman–Crippen MR) is 160 cm³/mol. The van der Waals surface area contributed by atoms with Crippen molar-refractivity contribution < 1.29 is 23.1 Å². The number of hydrogen-bond acceptors (Lipinski definition) is 8. The molecule has 0 bridgehead atoms. The van der Waals surface area contributed by atoms with Crippen molar-refractivity contribution in [3.8, 4) is 0 Å². The van der Waals surface area contributed by atoms with Gasteiger partial charge in [-0.1, -0.05) is 76.2 Å². The molecule has 39 heavy (non-hydrogen) atoms. The Balaban J connectivity index is 2.16. The van der Waals surface area contributed by atoms with E-state index >= 15 is 0 Å². The molecule has 9 nitrogen and oxygen atoms in total. The van der Waals surface area contributed by atoms with Crippen molar-refractivity contribution in [2.75, 3.05) is 6.61 Å². The monoisotopic (exact) mass is 600 g/mol. The van der Waals surface area contributed by atoms with Gasteiger partial charge in [0, 0.05) is 17.0 Å². The van der Waals surface area contributed by atoms with Crippen LogP contribution in [0.15, 0.2) is 21.9 Å². The van der Waals surface area contributed by atoms with Gasteiger partial charge < -0.3 is 18.3 Å². The second-order valence-electron chi connectivity index (χ2n) is 13.2. The Hall–Kier alpha value is -1.19. The quantitative estimate of drug-likeness (QED) is 0.315. The number of fused-ring (bicyclic) bond motifs is 1. The summed E-state index contributed by atoms with van der Waals surface area (Å²) < 4.78 is 27.9. The fourth-order valence-corrected chi connectivity index (χ4v) is 22.6. The van der Waals surface area contributed by atoms with Crippen molar-refractivity contribution in [2.24, 2.45) is 0 Å². The Labute approximate surface area is 239 Å². The lowest BCUT2D eigenvalue weighted by Crippen LogP contribution is -2.63. The molecule has 4 atom stereocenters. The molecule has 1 aromatic heterocycles. The number of H-pyrrole nitrogens is 1. The van der Waals surface area contributed by atoms with Crippen LogP contribution >= 0.6 is 11.8 Å². The molecule has 1 aromatic rings. The van der Waals surface area contributed by atoms with E-state index in [0.29, 0.717) is 17.7 Å². The van der Waals surface area contributed by atoms with Crippen LogP contribution in [0.2, 0.25) is 27.8 Å². The predicted octanol–water partition coefficient (Wildman–Crippen LogP) is 5.96. The van der Waals surface area contributed by atoms with E-state index in [9.17, 15) is 14.4 Å². The molecule has 1 unspecified atom stereocenters. The van der Waals surface area contributed by atoms with E-state index in [2.05, 4.69) is 60.4 Å². The third kappa shape index (κ3) is 6.67. The van der Waals surface area contributed by atoms with E-state index in [-0.39, 0.29) is 15.8 Å². The number of thioether (sulfide) groups is 1. The highest BCUT2D eigenvalue weighted by Gasteiger charge is 2.61. The highest BCUT2D eigenvalue weighted by molar-refractivity contribution is 8.14. The SMILES string of the molecule is CC(C)[Si]1(C(C)C)C[Si](C(C)C)(C(C)C)OC2[C@@H](CO1)O[C@@H](n1ccc(=O)[nH]c1=O)[C@H]2OC(=O)SC(C)(C)C. The Bertz CT molecular complexity index is 1110. The maximum absolute atomic E-state index is 13.1. The number of aromatic amines is 1. The fourth-order valence-electron chi connectivity index (χ4n) is 6.12.